The molecule has 4 nitrogen and oxygen atoms in total. The zero-order valence-electron chi connectivity index (χ0n) is 11.4. The monoisotopic (exact) mass is 237 g/mol. The van der Waals surface area contributed by atoms with Crippen molar-refractivity contribution in [2.45, 2.75) is 40.3 Å². The third-order valence-corrected chi connectivity index (χ3v) is 2.54. The smallest absolute Gasteiger partial charge is 0.157 e. The van der Waals surface area contributed by atoms with Gasteiger partial charge in [-0.3, -0.25) is 0 Å². The van der Waals surface area contributed by atoms with Gasteiger partial charge in [0.1, 0.15) is 6.10 Å². The summed E-state index contributed by atoms with van der Waals surface area (Å²) in [5, 5.41) is 3.26. The zero-order chi connectivity index (χ0) is 12.9. The van der Waals surface area contributed by atoms with Gasteiger partial charge in [0, 0.05) is 19.9 Å². The van der Waals surface area contributed by atoms with Gasteiger partial charge in [-0.25, -0.2) is 9.97 Å². The van der Waals surface area contributed by atoms with Crippen LogP contribution in [0.25, 0.3) is 0 Å². The Bertz CT molecular complexity index is 347. The molecule has 17 heavy (non-hydrogen) atoms. The van der Waals surface area contributed by atoms with Crippen molar-refractivity contribution >= 4 is 0 Å². The van der Waals surface area contributed by atoms with Gasteiger partial charge >= 0.3 is 0 Å². The van der Waals surface area contributed by atoms with Crippen LogP contribution in [-0.4, -0.2) is 23.6 Å². The summed E-state index contributed by atoms with van der Waals surface area (Å²) in [6.45, 7) is 10.2. The van der Waals surface area contributed by atoms with Gasteiger partial charge < -0.3 is 10.1 Å². The quantitative estimate of drug-likeness (QED) is 0.853. The second-order valence-corrected chi connectivity index (χ2v) is 5.17. The zero-order valence-corrected chi connectivity index (χ0v) is 11.4. The van der Waals surface area contributed by atoms with Gasteiger partial charge in [-0.2, -0.15) is 0 Å². The molecule has 1 unspecified atom stereocenters. The Balaban J connectivity index is 2.89. The van der Waals surface area contributed by atoms with Crippen LogP contribution in [0.3, 0.4) is 0 Å². The average Bonchev–Trinajstić information content (AvgIpc) is 2.26. The van der Waals surface area contributed by atoms with Crippen LogP contribution in [0.5, 0.6) is 0 Å². The molecule has 0 aliphatic heterocycles. The van der Waals surface area contributed by atoms with E-state index in [1.807, 2.05) is 6.07 Å². The number of nitrogens with one attached hydrogen (secondary N) is 1. The molecular weight excluding hydrogens is 214 g/mol. The highest BCUT2D eigenvalue weighted by Gasteiger charge is 2.28. The van der Waals surface area contributed by atoms with E-state index in [0.29, 0.717) is 0 Å². The van der Waals surface area contributed by atoms with Gasteiger partial charge in [0.25, 0.3) is 0 Å². The molecule has 1 rings (SSSR count). The summed E-state index contributed by atoms with van der Waals surface area (Å²) in [5.41, 5.74) is 0.995. The van der Waals surface area contributed by atoms with Crippen molar-refractivity contribution in [1.82, 2.24) is 15.3 Å². The summed E-state index contributed by atoms with van der Waals surface area (Å²) in [6.07, 6.45) is 1.72. The first-order valence-corrected chi connectivity index (χ1v) is 6.04. The summed E-state index contributed by atoms with van der Waals surface area (Å²) in [7, 11) is 1.70. The fourth-order valence-electron chi connectivity index (χ4n) is 1.74. The van der Waals surface area contributed by atoms with Crippen LogP contribution in [0.2, 0.25) is 0 Å². The van der Waals surface area contributed by atoms with Gasteiger partial charge in [-0.1, -0.05) is 27.7 Å². The Labute approximate surface area is 104 Å². The van der Waals surface area contributed by atoms with Crippen LogP contribution in [0.4, 0.5) is 0 Å². The molecule has 0 fully saturated rings. The van der Waals surface area contributed by atoms with Crippen LogP contribution < -0.4 is 5.32 Å². The molecule has 0 radical (unpaired) electrons. The van der Waals surface area contributed by atoms with Crippen molar-refractivity contribution in [3.63, 3.8) is 0 Å². The van der Waals surface area contributed by atoms with Gasteiger partial charge in [0.05, 0.1) is 5.69 Å². The SMILES string of the molecule is CCNCc1ccnc(C(OC)C(C)(C)C)n1. The molecule has 1 aromatic heterocycles. The van der Waals surface area contributed by atoms with Crippen molar-refractivity contribution in [2.24, 2.45) is 5.41 Å². The molecule has 1 heterocycles. The largest absolute Gasteiger partial charge is 0.373 e. The summed E-state index contributed by atoms with van der Waals surface area (Å²) in [6, 6.07) is 1.93. The minimum atomic E-state index is -0.0796. The Morgan fingerprint density at radius 2 is 2.12 bits per heavy atom. The lowest BCUT2D eigenvalue weighted by Gasteiger charge is -2.28. The number of hydrogen-bond acceptors (Lipinski definition) is 4. The molecule has 1 N–H and O–H groups in total. The van der Waals surface area contributed by atoms with E-state index in [4.69, 9.17) is 4.74 Å². The molecular formula is C13H23N3O. The molecule has 1 aromatic rings. The van der Waals surface area contributed by atoms with Gasteiger partial charge in [0.15, 0.2) is 5.82 Å². The maximum absolute atomic E-state index is 5.51. The number of nitrogens with zero attached hydrogens (tertiary/aromatic N) is 2. The number of ether oxygens (including phenoxy) is 1. The van der Waals surface area contributed by atoms with E-state index in [1.54, 1.807) is 13.3 Å². The Morgan fingerprint density at radius 1 is 1.41 bits per heavy atom. The molecule has 0 spiro atoms. The first-order valence-electron chi connectivity index (χ1n) is 6.04. The molecule has 0 aromatic carbocycles. The van der Waals surface area contributed by atoms with E-state index in [0.717, 1.165) is 24.6 Å². The maximum Gasteiger partial charge on any atom is 0.157 e. The van der Waals surface area contributed by atoms with E-state index in [1.165, 1.54) is 0 Å². The van der Waals surface area contributed by atoms with Crippen LogP contribution in [0, 0.1) is 5.41 Å². The van der Waals surface area contributed by atoms with Crippen LogP contribution >= 0.6 is 0 Å². The molecule has 0 aliphatic rings. The summed E-state index contributed by atoms with van der Waals surface area (Å²) >= 11 is 0. The van der Waals surface area contributed by atoms with Crippen molar-refractivity contribution in [1.29, 1.82) is 0 Å². The van der Waals surface area contributed by atoms with Crippen LogP contribution in [-0.2, 0) is 11.3 Å². The number of hydrogen-bond donors (Lipinski definition) is 1. The lowest BCUT2D eigenvalue weighted by molar-refractivity contribution is 0.00848. The molecule has 0 bridgehead atoms. The Morgan fingerprint density at radius 3 is 2.65 bits per heavy atom. The molecule has 0 saturated heterocycles. The van der Waals surface area contributed by atoms with E-state index in [-0.39, 0.29) is 11.5 Å². The first kappa shape index (κ1) is 14.1. The third-order valence-electron chi connectivity index (χ3n) is 2.54. The number of methoxy groups -OCH3 is 1. The van der Waals surface area contributed by atoms with Crippen LogP contribution in [0.1, 0.15) is 45.3 Å². The Hall–Kier alpha value is -1.00. The molecule has 96 valence electrons. The lowest BCUT2D eigenvalue weighted by atomic mass is 9.88. The van der Waals surface area contributed by atoms with E-state index < -0.39 is 0 Å². The lowest BCUT2D eigenvalue weighted by Crippen LogP contribution is -2.23. The van der Waals surface area contributed by atoms with Gasteiger partial charge in [0.2, 0.25) is 0 Å². The highest BCUT2D eigenvalue weighted by Crippen LogP contribution is 2.33. The van der Waals surface area contributed by atoms with Gasteiger partial charge in [-0.15, -0.1) is 0 Å². The fourth-order valence-corrected chi connectivity index (χ4v) is 1.74. The molecule has 4 heteroatoms. The van der Waals surface area contributed by atoms with Crippen molar-refractivity contribution in [2.75, 3.05) is 13.7 Å². The summed E-state index contributed by atoms with van der Waals surface area (Å²) in [5.74, 6) is 0.760. The maximum atomic E-state index is 5.51. The van der Waals surface area contributed by atoms with Crippen molar-refractivity contribution < 1.29 is 4.74 Å². The third kappa shape index (κ3) is 4.06. The molecule has 0 aliphatic carbocycles. The van der Waals surface area contributed by atoms with E-state index in [9.17, 15) is 0 Å². The van der Waals surface area contributed by atoms with E-state index >= 15 is 0 Å². The first-order chi connectivity index (χ1) is 7.99. The minimum absolute atomic E-state index is 0.00837. The normalized spacial score (nSPS) is 13.7. The van der Waals surface area contributed by atoms with Crippen molar-refractivity contribution in [3.8, 4) is 0 Å². The van der Waals surface area contributed by atoms with E-state index in [2.05, 4.69) is 43.0 Å². The predicted octanol–water partition coefficient (Wildman–Crippen LogP) is 2.32. The second-order valence-electron chi connectivity index (χ2n) is 5.17. The second kappa shape index (κ2) is 6.07. The van der Waals surface area contributed by atoms with Gasteiger partial charge in [-0.05, 0) is 18.0 Å². The highest BCUT2D eigenvalue weighted by atomic mass is 16.5. The minimum Gasteiger partial charge on any atom is -0.373 e. The highest BCUT2D eigenvalue weighted by molar-refractivity contribution is 5.06. The molecule has 0 amide bonds. The standard InChI is InChI=1S/C13H23N3O/c1-6-14-9-10-7-8-15-12(16-10)11(17-5)13(2,3)4/h7-8,11,14H,6,9H2,1-5H3. The number of rotatable bonds is 5. The predicted molar refractivity (Wildman–Crippen MR) is 68.6 cm³/mol. The summed E-state index contributed by atoms with van der Waals surface area (Å²) in [4.78, 5) is 8.87. The van der Waals surface area contributed by atoms with Crippen LogP contribution in [0.15, 0.2) is 12.3 Å². The summed E-state index contributed by atoms with van der Waals surface area (Å²) < 4.78 is 5.51. The molecule has 1 atom stereocenters. The van der Waals surface area contributed by atoms with Crippen molar-refractivity contribution in [3.05, 3.63) is 23.8 Å². The topological polar surface area (TPSA) is 47.0 Å². The molecule has 0 saturated carbocycles. The average molecular weight is 237 g/mol. The Kier molecular flexibility index (Phi) is 5.02. The fraction of sp³-hybridized carbons (Fsp3) is 0.692. The number of aromatic nitrogens is 2.